The van der Waals surface area contributed by atoms with Crippen molar-refractivity contribution in [1.29, 1.82) is 0 Å². The van der Waals surface area contributed by atoms with E-state index in [1.54, 1.807) is 19.2 Å². The van der Waals surface area contributed by atoms with Crippen LogP contribution >= 0.6 is 0 Å². The van der Waals surface area contributed by atoms with Crippen LogP contribution in [0, 0.1) is 5.92 Å². The Morgan fingerprint density at radius 1 is 1.35 bits per heavy atom. The van der Waals surface area contributed by atoms with Crippen molar-refractivity contribution in [3.8, 4) is 5.75 Å². The van der Waals surface area contributed by atoms with Crippen molar-refractivity contribution in [3.05, 3.63) is 24.3 Å². The van der Waals surface area contributed by atoms with Crippen molar-refractivity contribution in [2.45, 2.75) is 19.3 Å². The molecule has 0 bridgehead atoms. The first kappa shape index (κ1) is 14.7. The molecule has 0 unspecified atom stereocenters. The van der Waals surface area contributed by atoms with E-state index in [-0.39, 0.29) is 6.03 Å². The molecule has 0 heterocycles. The van der Waals surface area contributed by atoms with Crippen LogP contribution in [0.25, 0.3) is 0 Å². The molecule has 1 fully saturated rings. The van der Waals surface area contributed by atoms with Gasteiger partial charge in [-0.1, -0.05) is 12.1 Å². The van der Waals surface area contributed by atoms with E-state index in [4.69, 9.17) is 9.47 Å². The number of nitrogens with one attached hydrogen (secondary N) is 2. The minimum Gasteiger partial charge on any atom is -0.495 e. The fourth-order valence-electron chi connectivity index (χ4n) is 1.83. The monoisotopic (exact) mass is 278 g/mol. The first-order valence-corrected chi connectivity index (χ1v) is 7.05. The first-order chi connectivity index (χ1) is 9.79. The summed E-state index contributed by atoms with van der Waals surface area (Å²) in [4.78, 5) is 11.7. The van der Waals surface area contributed by atoms with Crippen LogP contribution in [0.4, 0.5) is 10.5 Å². The van der Waals surface area contributed by atoms with Crippen molar-refractivity contribution in [3.63, 3.8) is 0 Å². The van der Waals surface area contributed by atoms with Crippen molar-refractivity contribution in [2.24, 2.45) is 5.92 Å². The summed E-state index contributed by atoms with van der Waals surface area (Å²) in [6.07, 6.45) is 3.44. The molecule has 0 atom stereocenters. The Kier molecular flexibility index (Phi) is 5.68. The van der Waals surface area contributed by atoms with Crippen molar-refractivity contribution in [1.82, 2.24) is 5.32 Å². The molecule has 1 aliphatic carbocycles. The highest BCUT2D eigenvalue weighted by Crippen LogP contribution is 2.28. The summed E-state index contributed by atoms with van der Waals surface area (Å²) in [5, 5.41) is 5.57. The molecule has 5 nitrogen and oxygen atoms in total. The van der Waals surface area contributed by atoms with Gasteiger partial charge in [0, 0.05) is 19.8 Å². The summed E-state index contributed by atoms with van der Waals surface area (Å²) in [5.41, 5.74) is 0.664. The maximum atomic E-state index is 11.7. The van der Waals surface area contributed by atoms with E-state index in [0.717, 1.165) is 18.9 Å². The number of carbonyl (C=O) groups excluding carboxylic acids is 1. The molecule has 1 aromatic rings. The zero-order chi connectivity index (χ0) is 14.2. The standard InChI is InChI=1S/C15H22N2O3/c1-19-14-6-3-2-5-13(14)17-15(18)16-9-4-10-20-11-12-7-8-12/h2-3,5-6,12H,4,7-11H2,1H3,(H2,16,17,18). The van der Waals surface area contributed by atoms with E-state index in [0.29, 0.717) is 24.6 Å². The van der Waals surface area contributed by atoms with E-state index in [1.807, 2.05) is 12.1 Å². The largest absolute Gasteiger partial charge is 0.495 e. The van der Waals surface area contributed by atoms with Gasteiger partial charge in [0.05, 0.1) is 12.8 Å². The molecule has 0 radical (unpaired) electrons. The Hall–Kier alpha value is -1.75. The minimum atomic E-state index is -0.225. The van der Waals surface area contributed by atoms with Crippen LogP contribution in [-0.2, 0) is 4.74 Å². The number of carbonyl (C=O) groups is 1. The number of para-hydroxylation sites is 2. The van der Waals surface area contributed by atoms with Gasteiger partial charge in [-0.3, -0.25) is 0 Å². The Bertz CT molecular complexity index is 433. The molecule has 2 N–H and O–H groups in total. The molecule has 0 spiro atoms. The highest BCUT2D eigenvalue weighted by molar-refractivity contribution is 5.90. The lowest BCUT2D eigenvalue weighted by molar-refractivity contribution is 0.122. The predicted molar refractivity (Wildman–Crippen MR) is 78.2 cm³/mol. The van der Waals surface area contributed by atoms with Gasteiger partial charge in [0.2, 0.25) is 0 Å². The van der Waals surface area contributed by atoms with Crippen LogP contribution in [0.1, 0.15) is 19.3 Å². The number of rotatable bonds is 8. The fourth-order valence-corrected chi connectivity index (χ4v) is 1.83. The second-order valence-corrected chi connectivity index (χ2v) is 4.95. The molecule has 20 heavy (non-hydrogen) atoms. The predicted octanol–water partition coefficient (Wildman–Crippen LogP) is 2.63. The number of ether oxygens (including phenoxy) is 2. The van der Waals surface area contributed by atoms with Gasteiger partial charge in [0.25, 0.3) is 0 Å². The molecular formula is C15H22N2O3. The average molecular weight is 278 g/mol. The van der Waals surface area contributed by atoms with Gasteiger partial charge in [0.15, 0.2) is 0 Å². The molecular weight excluding hydrogens is 256 g/mol. The number of hydrogen-bond donors (Lipinski definition) is 2. The maximum absolute atomic E-state index is 11.7. The molecule has 0 aromatic heterocycles. The lowest BCUT2D eigenvalue weighted by Gasteiger charge is -2.10. The van der Waals surface area contributed by atoms with Gasteiger partial charge >= 0.3 is 6.03 Å². The number of hydrogen-bond acceptors (Lipinski definition) is 3. The lowest BCUT2D eigenvalue weighted by Crippen LogP contribution is -2.30. The SMILES string of the molecule is COc1ccccc1NC(=O)NCCCOCC1CC1. The average Bonchev–Trinajstić information content (AvgIpc) is 3.27. The number of urea groups is 1. The zero-order valence-electron chi connectivity index (χ0n) is 11.9. The van der Waals surface area contributed by atoms with Crippen molar-refractivity contribution >= 4 is 11.7 Å². The van der Waals surface area contributed by atoms with Crippen LogP contribution in [0.5, 0.6) is 5.75 Å². The third-order valence-corrected chi connectivity index (χ3v) is 3.16. The fraction of sp³-hybridized carbons (Fsp3) is 0.533. The molecule has 2 amide bonds. The lowest BCUT2D eigenvalue weighted by atomic mass is 10.3. The Morgan fingerprint density at radius 2 is 2.15 bits per heavy atom. The van der Waals surface area contributed by atoms with Crippen LogP contribution in [0.15, 0.2) is 24.3 Å². The van der Waals surface area contributed by atoms with E-state index in [2.05, 4.69) is 10.6 Å². The maximum Gasteiger partial charge on any atom is 0.319 e. The van der Waals surface area contributed by atoms with Gasteiger partial charge in [-0.15, -0.1) is 0 Å². The van der Waals surface area contributed by atoms with Gasteiger partial charge in [0.1, 0.15) is 5.75 Å². The molecule has 110 valence electrons. The van der Waals surface area contributed by atoms with E-state index in [9.17, 15) is 4.79 Å². The molecule has 1 aromatic carbocycles. The summed E-state index contributed by atoms with van der Waals surface area (Å²) >= 11 is 0. The summed E-state index contributed by atoms with van der Waals surface area (Å²) in [6, 6.07) is 7.10. The van der Waals surface area contributed by atoms with E-state index < -0.39 is 0 Å². The summed E-state index contributed by atoms with van der Waals surface area (Å²) in [5.74, 6) is 1.44. The summed E-state index contributed by atoms with van der Waals surface area (Å²) in [7, 11) is 1.58. The molecule has 1 aliphatic rings. The third-order valence-electron chi connectivity index (χ3n) is 3.16. The normalized spacial score (nSPS) is 13.8. The smallest absolute Gasteiger partial charge is 0.319 e. The van der Waals surface area contributed by atoms with E-state index in [1.165, 1.54) is 12.8 Å². The van der Waals surface area contributed by atoms with Gasteiger partial charge < -0.3 is 20.1 Å². The highest BCUT2D eigenvalue weighted by atomic mass is 16.5. The number of benzene rings is 1. The molecule has 1 saturated carbocycles. The number of anilines is 1. The van der Waals surface area contributed by atoms with Gasteiger partial charge in [-0.2, -0.15) is 0 Å². The van der Waals surface area contributed by atoms with Crippen molar-refractivity contribution < 1.29 is 14.3 Å². The first-order valence-electron chi connectivity index (χ1n) is 7.05. The van der Waals surface area contributed by atoms with Crippen LogP contribution in [0.3, 0.4) is 0 Å². The quantitative estimate of drug-likeness (QED) is 0.719. The second-order valence-electron chi connectivity index (χ2n) is 4.95. The minimum absolute atomic E-state index is 0.225. The van der Waals surface area contributed by atoms with Crippen molar-refractivity contribution in [2.75, 3.05) is 32.2 Å². The van der Waals surface area contributed by atoms with Gasteiger partial charge in [-0.05, 0) is 37.3 Å². The molecule has 2 rings (SSSR count). The molecule has 0 saturated heterocycles. The summed E-state index contributed by atoms with van der Waals surface area (Å²) in [6.45, 7) is 2.17. The second kappa shape index (κ2) is 7.75. The third kappa shape index (κ3) is 5.09. The van der Waals surface area contributed by atoms with Crippen LogP contribution < -0.4 is 15.4 Å². The van der Waals surface area contributed by atoms with Crippen LogP contribution in [-0.4, -0.2) is 32.9 Å². The zero-order valence-corrected chi connectivity index (χ0v) is 11.9. The Morgan fingerprint density at radius 3 is 2.90 bits per heavy atom. The van der Waals surface area contributed by atoms with Crippen LogP contribution in [0.2, 0.25) is 0 Å². The molecule has 5 heteroatoms. The number of methoxy groups -OCH3 is 1. The highest BCUT2D eigenvalue weighted by Gasteiger charge is 2.20. The Labute approximate surface area is 119 Å². The Balaban J connectivity index is 1.59. The topological polar surface area (TPSA) is 59.6 Å². The molecule has 0 aliphatic heterocycles. The summed E-state index contributed by atoms with van der Waals surface area (Å²) < 4.78 is 10.7. The number of amides is 2. The van der Waals surface area contributed by atoms with Gasteiger partial charge in [-0.25, -0.2) is 4.79 Å². The van der Waals surface area contributed by atoms with E-state index >= 15 is 0 Å².